The molecule has 2 aromatic heterocycles. The third-order valence-electron chi connectivity index (χ3n) is 3.21. The third kappa shape index (κ3) is 2.79. The van der Waals surface area contributed by atoms with Crippen molar-refractivity contribution in [2.45, 2.75) is 6.54 Å². The first kappa shape index (κ1) is 15.2. The van der Waals surface area contributed by atoms with Gasteiger partial charge >= 0.3 is 0 Å². The first-order valence-electron chi connectivity index (χ1n) is 6.16. The predicted octanol–water partition coefficient (Wildman–Crippen LogP) is 2.61. The van der Waals surface area contributed by atoms with E-state index in [1.165, 1.54) is 12.1 Å². The summed E-state index contributed by atoms with van der Waals surface area (Å²) >= 11 is 0. The molecule has 0 aliphatic heterocycles. The van der Waals surface area contributed by atoms with Crippen LogP contribution in [0.1, 0.15) is 5.56 Å². The Kier molecular flexibility index (Phi) is 4.35. The normalized spacial score (nSPS) is 10.4. The number of halogens is 2. The molecule has 4 nitrogen and oxygen atoms in total. The van der Waals surface area contributed by atoms with E-state index in [0.29, 0.717) is 11.2 Å². The Morgan fingerprint density at radius 2 is 2.00 bits per heavy atom. The van der Waals surface area contributed by atoms with E-state index in [0.717, 1.165) is 16.5 Å². The van der Waals surface area contributed by atoms with E-state index in [1.807, 2.05) is 6.07 Å². The van der Waals surface area contributed by atoms with Gasteiger partial charge in [0.1, 0.15) is 11.5 Å². The van der Waals surface area contributed by atoms with Crippen molar-refractivity contribution < 1.29 is 4.39 Å². The molecule has 3 N–H and O–H groups in total. The summed E-state index contributed by atoms with van der Waals surface area (Å²) < 4.78 is 13.5. The standard InChI is InChI=1S/C15H12FN3O.ClH/c16-13-3-1-9(7-10(13)8-17)11-5-6-18-15-12(11)2-4-14(20)19-15;/h1-7H,8,17H2,(H,18,19,20);1H. The van der Waals surface area contributed by atoms with Gasteiger partial charge in [-0.2, -0.15) is 0 Å². The van der Waals surface area contributed by atoms with E-state index in [9.17, 15) is 9.18 Å². The van der Waals surface area contributed by atoms with Crippen molar-refractivity contribution in [3.8, 4) is 11.1 Å². The Bertz CT molecular complexity index is 848. The molecule has 0 fully saturated rings. The van der Waals surface area contributed by atoms with Crippen LogP contribution in [-0.2, 0) is 6.54 Å². The average molecular weight is 306 g/mol. The van der Waals surface area contributed by atoms with Crippen LogP contribution >= 0.6 is 12.4 Å². The second-order valence-corrected chi connectivity index (χ2v) is 4.45. The lowest BCUT2D eigenvalue weighted by Gasteiger charge is -2.08. The second-order valence-electron chi connectivity index (χ2n) is 4.45. The Balaban J connectivity index is 0.00000161. The van der Waals surface area contributed by atoms with Gasteiger partial charge in [-0.1, -0.05) is 6.07 Å². The number of hydrogen-bond donors (Lipinski definition) is 2. The molecule has 0 spiro atoms. The van der Waals surface area contributed by atoms with Crippen LogP contribution in [0.5, 0.6) is 0 Å². The zero-order valence-corrected chi connectivity index (χ0v) is 11.8. The number of pyridine rings is 2. The Morgan fingerprint density at radius 3 is 2.76 bits per heavy atom. The van der Waals surface area contributed by atoms with Crippen molar-refractivity contribution in [3.05, 3.63) is 64.3 Å². The Morgan fingerprint density at radius 1 is 1.19 bits per heavy atom. The zero-order valence-electron chi connectivity index (χ0n) is 11.0. The molecule has 2 heterocycles. The number of nitrogens with one attached hydrogen (secondary N) is 1. The maximum absolute atomic E-state index is 13.5. The summed E-state index contributed by atoms with van der Waals surface area (Å²) in [6, 6.07) is 9.79. The molecule has 0 aliphatic carbocycles. The lowest BCUT2D eigenvalue weighted by atomic mass is 10.0. The number of rotatable bonds is 2. The largest absolute Gasteiger partial charge is 0.326 e. The summed E-state index contributed by atoms with van der Waals surface area (Å²) in [4.78, 5) is 18.1. The highest BCUT2D eigenvalue weighted by Gasteiger charge is 2.08. The number of hydrogen-bond acceptors (Lipinski definition) is 3. The first-order chi connectivity index (χ1) is 9.69. The fourth-order valence-corrected chi connectivity index (χ4v) is 2.21. The molecule has 0 bridgehead atoms. The van der Waals surface area contributed by atoms with Crippen LogP contribution in [0.3, 0.4) is 0 Å². The highest BCUT2D eigenvalue weighted by Crippen LogP contribution is 2.27. The van der Waals surface area contributed by atoms with E-state index in [-0.39, 0.29) is 30.3 Å². The van der Waals surface area contributed by atoms with E-state index < -0.39 is 0 Å². The van der Waals surface area contributed by atoms with Crippen LogP contribution in [0.2, 0.25) is 0 Å². The number of aromatic amines is 1. The molecular formula is C15H13ClFN3O. The van der Waals surface area contributed by atoms with Crippen molar-refractivity contribution >= 4 is 23.4 Å². The highest BCUT2D eigenvalue weighted by molar-refractivity contribution is 5.92. The molecule has 0 saturated carbocycles. The summed E-state index contributed by atoms with van der Waals surface area (Å²) in [6.07, 6.45) is 1.61. The van der Waals surface area contributed by atoms with Crippen LogP contribution in [0.15, 0.2) is 47.4 Å². The highest BCUT2D eigenvalue weighted by atomic mass is 35.5. The average Bonchev–Trinajstić information content (AvgIpc) is 2.47. The Labute approximate surface area is 126 Å². The molecule has 0 saturated heterocycles. The molecule has 6 heteroatoms. The van der Waals surface area contributed by atoms with Crippen molar-refractivity contribution in [1.29, 1.82) is 0 Å². The fraction of sp³-hybridized carbons (Fsp3) is 0.0667. The number of nitrogens with zero attached hydrogens (tertiary/aromatic N) is 1. The van der Waals surface area contributed by atoms with Gasteiger partial charge in [-0.25, -0.2) is 9.37 Å². The lowest BCUT2D eigenvalue weighted by molar-refractivity contribution is 0.611. The maximum Gasteiger partial charge on any atom is 0.249 e. The molecule has 0 atom stereocenters. The topological polar surface area (TPSA) is 71.8 Å². The van der Waals surface area contributed by atoms with Crippen LogP contribution < -0.4 is 11.3 Å². The number of benzene rings is 1. The molecule has 0 unspecified atom stereocenters. The predicted molar refractivity (Wildman–Crippen MR) is 82.9 cm³/mol. The third-order valence-corrected chi connectivity index (χ3v) is 3.21. The molecule has 0 amide bonds. The maximum atomic E-state index is 13.5. The number of fused-ring (bicyclic) bond motifs is 1. The van der Waals surface area contributed by atoms with Crippen molar-refractivity contribution in [2.75, 3.05) is 0 Å². The van der Waals surface area contributed by atoms with Gasteiger partial charge in [0.15, 0.2) is 0 Å². The molecule has 108 valence electrons. The smallest absolute Gasteiger partial charge is 0.249 e. The second kappa shape index (κ2) is 6.03. The van der Waals surface area contributed by atoms with Crippen LogP contribution in [0, 0.1) is 5.82 Å². The fourth-order valence-electron chi connectivity index (χ4n) is 2.21. The SMILES string of the molecule is Cl.NCc1cc(-c2ccnc3[nH]c(=O)ccc23)ccc1F. The minimum atomic E-state index is -0.317. The van der Waals surface area contributed by atoms with Gasteiger partial charge in [0.2, 0.25) is 5.56 Å². The van der Waals surface area contributed by atoms with Gasteiger partial charge in [-0.3, -0.25) is 4.79 Å². The van der Waals surface area contributed by atoms with Gasteiger partial charge in [0.25, 0.3) is 0 Å². The minimum absolute atomic E-state index is 0. The number of nitrogens with two attached hydrogens (primary N) is 1. The summed E-state index contributed by atoms with van der Waals surface area (Å²) in [6.45, 7) is 0.138. The first-order valence-corrected chi connectivity index (χ1v) is 6.16. The monoisotopic (exact) mass is 305 g/mol. The van der Waals surface area contributed by atoms with Crippen molar-refractivity contribution in [2.24, 2.45) is 5.73 Å². The number of aromatic nitrogens is 2. The molecule has 3 aromatic rings. The van der Waals surface area contributed by atoms with Crippen LogP contribution in [0.25, 0.3) is 22.2 Å². The number of H-pyrrole nitrogens is 1. The van der Waals surface area contributed by atoms with E-state index in [1.54, 1.807) is 24.4 Å². The van der Waals surface area contributed by atoms with E-state index >= 15 is 0 Å². The van der Waals surface area contributed by atoms with Crippen LogP contribution in [0.4, 0.5) is 4.39 Å². The van der Waals surface area contributed by atoms with Crippen LogP contribution in [-0.4, -0.2) is 9.97 Å². The molecule has 0 aliphatic rings. The minimum Gasteiger partial charge on any atom is -0.326 e. The molecule has 1 aromatic carbocycles. The van der Waals surface area contributed by atoms with E-state index in [4.69, 9.17) is 5.73 Å². The molecule has 3 rings (SSSR count). The quantitative estimate of drug-likeness (QED) is 0.764. The van der Waals surface area contributed by atoms with Gasteiger partial charge in [0, 0.05) is 29.8 Å². The van der Waals surface area contributed by atoms with Gasteiger partial charge < -0.3 is 10.7 Å². The zero-order chi connectivity index (χ0) is 14.1. The Hall–Kier alpha value is -2.24. The van der Waals surface area contributed by atoms with Crippen molar-refractivity contribution in [3.63, 3.8) is 0 Å². The molecule has 0 radical (unpaired) electrons. The lowest BCUT2D eigenvalue weighted by Crippen LogP contribution is -2.04. The van der Waals surface area contributed by atoms with Crippen molar-refractivity contribution in [1.82, 2.24) is 9.97 Å². The van der Waals surface area contributed by atoms with Gasteiger partial charge in [-0.15, -0.1) is 12.4 Å². The summed E-state index contributed by atoms with van der Waals surface area (Å²) in [5.41, 5.74) is 8.00. The van der Waals surface area contributed by atoms with Gasteiger partial charge in [-0.05, 0) is 35.4 Å². The van der Waals surface area contributed by atoms with Gasteiger partial charge in [0.05, 0.1) is 0 Å². The summed E-state index contributed by atoms with van der Waals surface area (Å²) in [5, 5.41) is 0.807. The molecular weight excluding hydrogens is 293 g/mol. The van der Waals surface area contributed by atoms with E-state index in [2.05, 4.69) is 9.97 Å². The molecule has 21 heavy (non-hydrogen) atoms. The summed E-state index contributed by atoms with van der Waals surface area (Å²) in [7, 11) is 0. The summed E-state index contributed by atoms with van der Waals surface area (Å²) in [5.74, 6) is -0.317.